The maximum atomic E-state index is 12.9. The third-order valence-corrected chi connectivity index (χ3v) is 1.86. The average molecular weight is 211 g/mol. The Morgan fingerprint density at radius 3 is 2.38 bits per heavy atom. The summed E-state index contributed by atoms with van der Waals surface area (Å²) in [7, 11) is 0. The molecular formula is C8H6ClF3O. The van der Waals surface area contributed by atoms with Crippen molar-refractivity contribution < 1.29 is 18.3 Å². The van der Waals surface area contributed by atoms with Crippen LogP contribution in [0, 0.1) is 17.5 Å². The van der Waals surface area contributed by atoms with Crippen molar-refractivity contribution >= 4 is 11.6 Å². The van der Waals surface area contributed by atoms with Crippen molar-refractivity contribution in [3.05, 3.63) is 35.1 Å². The van der Waals surface area contributed by atoms with Crippen molar-refractivity contribution in [2.24, 2.45) is 0 Å². The summed E-state index contributed by atoms with van der Waals surface area (Å²) in [5.41, 5.74) is -0.339. The van der Waals surface area contributed by atoms with E-state index < -0.39 is 23.6 Å². The highest BCUT2D eigenvalue weighted by molar-refractivity contribution is 6.18. The number of aliphatic hydroxyl groups excluding tert-OH is 1. The molecule has 0 aliphatic rings. The van der Waals surface area contributed by atoms with E-state index in [4.69, 9.17) is 16.7 Å². The Bertz CT molecular complexity index is 317. The van der Waals surface area contributed by atoms with Gasteiger partial charge in [-0.1, -0.05) is 6.07 Å². The van der Waals surface area contributed by atoms with Crippen LogP contribution in [-0.4, -0.2) is 11.0 Å². The fourth-order valence-corrected chi connectivity index (χ4v) is 1.05. The quantitative estimate of drug-likeness (QED) is 0.587. The highest BCUT2D eigenvalue weighted by Gasteiger charge is 2.17. The summed E-state index contributed by atoms with van der Waals surface area (Å²) >= 11 is 5.22. The predicted octanol–water partition coefficient (Wildman–Crippen LogP) is 2.38. The lowest BCUT2D eigenvalue weighted by Gasteiger charge is -2.08. The van der Waals surface area contributed by atoms with E-state index in [9.17, 15) is 13.2 Å². The van der Waals surface area contributed by atoms with Gasteiger partial charge in [-0.2, -0.15) is 0 Å². The topological polar surface area (TPSA) is 20.2 Å². The van der Waals surface area contributed by atoms with Gasteiger partial charge in [-0.05, 0) is 6.07 Å². The summed E-state index contributed by atoms with van der Waals surface area (Å²) in [6.07, 6.45) is -1.32. The third kappa shape index (κ3) is 1.95. The van der Waals surface area contributed by atoms with E-state index >= 15 is 0 Å². The van der Waals surface area contributed by atoms with Crippen LogP contribution < -0.4 is 0 Å². The summed E-state index contributed by atoms with van der Waals surface area (Å²) in [5.74, 6) is -4.56. The van der Waals surface area contributed by atoms with E-state index in [2.05, 4.69) is 0 Å². The molecule has 0 spiro atoms. The molecule has 72 valence electrons. The van der Waals surface area contributed by atoms with Gasteiger partial charge in [0.05, 0.1) is 12.0 Å². The lowest BCUT2D eigenvalue weighted by atomic mass is 10.1. The van der Waals surface area contributed by atoms with E-state index in [1.54, 1.807) is 0 Å². The number of halogens is 4. The standard InChI is InChI=1S/C8H6ClF3O/c9-3-6(13)4-1-2-5(10)8(12)7(4)11/h1-2,6,13H,3H2/t6-/m1/s1. The molecule has 0 aromatic heterocycles. The highest BCUT2D eigenvalue weighted by Crippen LogP contribution is 2.21. The number of benzene rings is 1. The van der Waals surface area contributed by atoms with Crippen LogP contribution in [0.2, 0.25) is 0 Å². The molecule has 1 aromatic rings. The number of aliphatic hydroxyl groups is 1. The lowest BCUT2D eigenvalue weighted by Crippen LogP contribution is -2.05. The van der Waals surface area contributed by atoms with Crippen molar-refractivity contribution in [2.45, 2.75) is 6.10 Å². The van der Waals surface area contributed by atoms with Crippen molar-refractivity contribution in [3.8, 4) is 0 Å². The Morgan fingerprint density at radius 1 is 1.23 bits per heavy atom. The molecule has 0 saturated heterocycles. The van der Waals surface area contributed by atoms with Gasteiger partial charge in [-0.15, -0.1) is 11.6 Å². The van der Waals surface area contributed by atoms with Crippen LogP contribution in [-0.2, 0) is 0 Å². The molecule has 1 rings (SSSR count). The largest absolute Gasteiger partial charge is 0.387 e. The van der Waals surface area contributed by atoms with Gasteiger partial charge in [-0.25, -0.2) is 13.2 Å². The molecule has 5 heteroatoms. The predicted molar refractivity (Wildman–Crippen MR) is 42.0 cm³/mol. The maximum absolute atomic E-state index is 12.9. The van der Waals surface area contributed by atoms with E-state index in [0.717, 1.165) is 12.1 Å². The molecule has 0 unspecified atom stereocenters. The summed E-state index contributed by atoms with van der Waals surface area (Å²) < 4.78 is 37.8. The maximum Gasteiger partial charge on any atom is 0.194 e. The number of alkyl halides is 1. The van der Waals surface area contributed by atoms with Crippen molar-refractivity contribution in [2.75, 3.05) is 5.88 Å². The van der Waals surface area contributed by atoms with Crippen LogP contribution >= 0.6 is 11.6 Å². The molecular weight excluding hydrogens is 205 g/mol. The van der Waals surface area contributed by atoms with Crippen LogP contribution in [0.1, 0.15) is 11.7 Å². The average Bonchev–Trinajstić information content (AvgIpc) is 2.13. The van der Waals surface area contributed by atoms with Crippen LogP contribution in [0.25, 0.3) is 0 Å². The molecule has 0 bridgehead atoms. The molecule has 1 atom stereocenters. The van der Waals surface area contributed by atoms with Crippen LogP contribution in [0.15, 0.2) is 12.1 Å². The Hall–Kier alpha value is -0.740. The second-order valence-corrected chi connectivity index (χ2v) is 2.74. The Labute approximate surface area is 77.8 Å². The molecule has 1 nitrogen and oxygen atoms in total. The summed E-state index contributed by atoms with van der Waals surface area (Å²) in [4.78, 5) is 0. The molecule has 0 radical (unpaired) electrons. The van der Waals surface area contributed by atoms with E-state index in [1.165, 1.54) is 0 Å². The zero-order valence-electron chi connectivity index (χ0n) is 6.40. The molecule has 0 aliphatic heterocycles. The highest BCUT2D eigenvalue weighted by atomic mass is 35.5. The van der Waals surface area contributed by atoms with Gasteiger partial charge in [0.15, 0.2) is 17.5 Å². The second kappa shape index (κ2) is 3.98. The molecule has 0 heterocycles. The van der Waals surface area contributed by atoms with Gasteiger partial charge in [0.1, 0.15) is 0 Å². The van der Waals surface area contributed by atoms with Crippen LogP contribution in [0.5, 0.6) is 0 Å². The first-order valence-corrected chi connectivity index (χ1v) is 3.98. The molecule has 1 N–H and O–H groups in total. The minimum absolute atomic E-state index is 0.276. The van der Waals surface area contributed by atoms with Gasteiger partial charge >= 0.3 is 0 Å². The first kappa shape index (κ1) is 10.3. The Balaban J connectivity index is 3.18. The SMILES string of the molecule is O[C@H](CCl)c1ccc(F)c(F)c1F. The molecule has 0 saturated carbocycles. The first-order chi connectivity index (χ1) is 6.07. The number of hydrogen-bond donors (Lipinski definition) is 1. The van der Waals surface area contributed by atoms with Crippen LogP contribution in [0.3, 0.4) is 0 Å². The normalized spacial score (nSPS) is 13.0. The molecule has 1 aromatic carbocycles. The monoisotopic (exact) mass is 210 g/mol. The molecule has 0 amide bonds. The summed E-state index contributed by atoms with van der Waals surface area (Å²) in [5, 5.41) is 9.06. The molecule has 0 fully saturated rings. The fraction of sp³-hybridized carbons (Fsp3) is 0.250. The molecule has 0 aliphatic carbocycles. The Kier molecular flexibility index (Phi) is 3.17. The minimum atomic E-state index is -1.60. The van der Waals surface area contributed by atoms with Crippen molar-refractivity contribution in [1.29, 1.82) is 0 Å². The van der Waals surface area contributed by atoms with Gasteiger partial charge in [0.2, 0.25) is 0 Å². The number of rotatable bonds is 2. The van der Waals surface area contributed by atoms with E-state index in [0.29, 0.717) is 0 Å². The zero-order valence-corrected chi connectivity index (χ0v) is 7.15. The fourth-order valence-electron chi connectivity index (χ4n) is 0.881. The van der Waals surface area contributed by atoms with Gasteiger partial charge in [0, 0.05) is 5.56 Å². The minimum Gasteiger partial charge on any atom is -0.387 e. The van der Waals surface area contributed by atoms with Gasteiger partial charge < -0.3 is 5.11 Å². The third-order valence-electron chi connectivity index (χ3n) is 1.57. The van der Waals surface area contributed by atoms with Crippen molar-refractivity contribution in [3.63, 3.8) is 0 Å². The zero-order chi connectivity index (χ0) is 10.0. The molecule has 13 heavy (non-hydrogen) atoms. The smallest absolute Gasteiger partial charge is 0.194 e. The van der Waals surface area contributed by atoms with Gasteiger partial charge in [-0.3, -0.25) is 0 Å². The van der Waals surface area contributed by atoms with Crippen molar-refractivity contribution in [1.82, 2.24) is 0 Å². The van der Waals surface area contributed by atoms with Crippen LogP contribution in [0.4, 0.5) is 13.2 Å². The second-order valence-electron chi connectivity index (χ2n) is 2.43. The number of hydrogen-bond acceptors (Lipinski definition) is 1. The summed E-state index contributed by atoms with van der Waals surface area (Å²) in [6, 6.07) is 1.70. The first-order valence-electron chi connectivity index (χ1n) is 3.45. The lowest BCUT2D eigenvalue weighted by molar-refractivity contribution is 0.195. The van der Waals surface area contributed by atoms with E-state index in [1.807, 2.05) is 0 Å². The summed E-state index contributed by atoms with van der Waals surface area (Å²) in [6.45, 7) is 0. The van der Waals surface area contributed by atoms with Gasteiger partial charge in [0.25, 0.3) is 0 Å². The van der Waals surface area contributed by atoms with E-state index in [-0.39, 0.29) is 11.4 Å². The Morgan fingerprint density at radius 2 is 1.85 bits per heavy atom.